The van der Waals surface area contributed by atoms with E-state index in [0.717, 1.165) is 56.6 Å². The molecule has 178 valence electrons. The zero-order valence-electron chi connectivity index (χ0n) is 21.3. The summed E-state index contributed by atoms with van der Waals surface area (Å²) in [5.41, 5.74) is 5.71. The molecule has 1 aromatic rings. The molecule has 0 aliphatic rings. The first kappa shape index (κ1) is 27.5. The van der Waals surface area contributed by atoms with E-state index in [1.54, 1.807) is 6.07 Å². The van der Waals surface area contributed by atoms with Crippen LogP contribution in [0.15, 0.2) is 53.1 Å². The van der Waals surface area contributed by atoms with Gasteiger partial charge in [-0.15, -0.1) is 0 Å². The number of allylic oxidation sites excluding steroid dienone is 5. The van der Waals surface area contributed by atoms with Crippen LogP contribution in [0.5, 0.6) is 5.75 Å². The summed E-state index contributed by atoms with van der Waals surface area (Å²) in [6, 6.07) is 5.51. The van der Waals surface area contributed by atoms with Gasteiger partial charge in [-0.25, -0.2) is 4.79 Å². The lowest BCUT2D eigenvalue weighted by molar-refractivity contribution is 0.0600. The molecule has 0 spiro atoms. The zero-order chi connectivity index (χ0) is 23.9. The molecule has 32 heavy (non-hydrogen) atoms. The van der Waals surface area contributed by atoms with Gasteiger partial charge in [0.15, 0.2) is 0 Å². The minimum atomic E-state index is -0.329. The lowest BCUT2D eigenvalue weighted by Crippen LogP contribution is -2.25. The molecule has 0 saturated carbocycles. The maximum atomic E-state index is 12.1. The van der Waals surface area contributed by atoms with Crippen LogP contribution in [0.3, 0.4) is 0 Å². The van der Waals surface area contributed by atoms with Gasteiger partial charge in [-0.3, -0.25) is 0 Å². The summed E-state index contributed by atoms with van der Waals surface area (Å²) in [5.74, 6) is 0.471. The highest BCUT2D eigenvalue weighted by Crippen LogP contribution is 2.30. The number of nitrogens with zero attached hydrogens (tertiary/aromatic N) is 1. The Bertz CT molecular complexity index is 801. The molecular formula is C28H43NO3. The van der Waals surface area contributed by atoms with E-state index in [1.807, 2.05) is 19.1 Å². The summed E-state index contributed by atoms with van der Waals surface area (Å²) < 4.78 is 10.8. The van der Waals surface area contributed by atoms with Crippen molar-refractivity contribution in [2.45, 2.75) is 73.6 Å². The monoisotopic (exact) mass is 441 g/mol. The van der Waals surface area contributed by atoms with Gasteiger partial charge in [0.05, 0.1) is 25.0 Å². The minimum absolute atomic E-state index is 0.329. The summed E-state index contributed by atoms with van der Waals surface area (Å²) in [6.45, 7) is 15.1. The highest BCUT2D eigenvalue weighted by molar-refractivity contribution is 5.91. The van der Waals surface area contributed by atoms with Crippen LogP contribution >= 0.6 is 0 Å². The standard InChI is InChI=1S/C28H43NO3/c1-8-19-29(26-21-25(28(30)31-7)16-17-27(26)32-9-2)20-18-24(6)15-11-14-23(5)13-10-12-22(3)4/h12,14,16-18,21H,8-11,13,15,19-20H2,1-7H3/b23-14+,24-18+. The smallest absolute Gasteiger partial charge is 0.337 e. The third kappa shape index (κ3) is 10.2. The van der Waals surface area contributed by atoms with E-state index in [0.29, 0.717) is 12.2 Å². The van der Waals surface area contributed by atoms with Crippen molar-refractivity contribution >= 4 is 11.7 Å². The van der Waals surface area contributed by atoms with Crippen molar-refractivity contribution in [2.75, 3.05) is 31.7 Å². The summed E-state index contributed by atoms with van der Waals surface area (Å²) in [5, 5.41) is 0. The fourth-order valence-corrected chi connectivity index (χ4v) is 3.47. The number of methoxy groups -OCH3 is 1. The van der Waals surface area contributed by atoms with Crippen molar-refractivity contribution in [3.05, 3.63) is 58.7 Å². The second-order valence-corrected chi connectivity index (χ2v) is 8.51. The van der Waals surface area contributed by atoms with Gasteiger partial charge in [-0.1, -0.05) is 41.9 Å². The number of esters is 1. The Morgan fingerprint density at radius 3 is 2.22 bits per heavy atom. The summed E-state index contributed by atoms with van der Waals surface area (Å²) in [7, 11) is 1.41. The van der Waals surface area contributed by atoms with Gasteiger partial charge in [0, 0.05) is 13.1 Å². The fourth-order valence-electron chi connectivity index (χ4n) is 3.47. The zero-order valence-corrected chi connectivity index (χ0v) is 21.3. The molecule has 1 rings (SSSR count). The van der Waals surface area contributed by atoms with E-state index in [4.69, 9.17) is 9.47 Å². The van der Waals surface area contributed by atoms with Crippen LogP contribution in [0.2, 0.25) is 0 Å². The van der Waals surface area contributed by atoms with Crippen molar-refractivity contribution in [1.29, 1.82) is 0 Å². The first-order valence-electron chi connectivity index (χ1n) is 11.9. The third-order valence-corrected chi connectivity index (χ3v) is 5.30. The Hall–Kier alpha value is -2.49. The molecule has 0 N–H and O–H groups in total. The predicted molar refractivity (Wildman–Crippen MR) is 137 cm³/mol. The van der Waals surface area contributed by atoms with Gasteiger partial charge in [-0.05, 0) is 84.9 Å². The first-order valence-corrected chi connectivity index (χ1v) is 11.9. The van der Waals surface area contributed by atoms with E-state index >= 15 is 0 Å². The van der Waals surface area contributed by atoms with Gasteiger partial charge in [0.1, 0.15) is 5.75 Å². The lowest BCUT2D eigenvalue weighted by atomic mass is 10.1. The Labute approximate surface area is 196 Å². The maximum absolute atomic E-state index is 12.1. The molecule has 0 aromatic heterocycles. The summed E-state index contributed by atoms with van der Waals surface area (Å²) in [6.07, 6.45) is 12.4. The molecule has 0 bridgehead atoms. The molecule has 0 atom stereocenters. The Balaban J connectivity index is 2.86. The first-order chi connectivity index (χ1) is 15.3. The van der Waals surface area contributed by atoms with Gasteiger partial charge >= 0.3 is 5.97 Å². The highest BCUT2D eigenvalue weighted by Gasteiger charge is 2.15. The number of carbonyl (C=O) groups excluding carboxylic acids is 1. The van der Waals surface area contributed by atoms with Crippen LogP contribution in [-0.4, -0.2) is 32.8 Å². The van der Waals surface area contributed by atoms with E-state index in [2.05, 4.69) is 57.7 Å². The molecule has 4 nitrogen and oxygen atoms in total. The number of benzene rings is 1. The number of carbonyl (C=O) groups is 1. The van der Waals surface area contributed by atoms with Gasteiger partial charge in [0.25, 0.3) is 0 Å². The average Bonchev–Trinajstić information content (AvgIpc) is 2.76. The van der Waals surface area contributed by atoms with Crippen molar-refractivity contribution in [1.82, 2.24) is 0 Å². The molecule has 0 saturated heterocycles. The van der Waals surface area contributed by atoms with E-state index in [1.165, 1.54) is 23.8 Å². The normalized spacial score (nSPS) is 11.8. The van der Waals surface area contributed by atoms with Crippen molar-refractivity contribution in [2.24, 2.45) is 0 Å². The molecular weight excluding hydrogens is 398 g/mol. The second kappa shape index (κ2) is 15.3. The van der Waals surface area contributed by atoms with Crippen LogP contribution < -0.4 is 9.64 Å². The molecule has 0 aliphatic heterocycles. The fraction of sp³-hybridized carbons (Fsp3) is 0.536. The van der Waals surface area contributed by atoms with Crippen LogP contribution in [0.25, 0.3) is 0 Å². The van der Waals surface area contributed by atoms with Crippen molar-refractivity contribution in [3.8, 4) is 5.75 Å². The Morgan fingerprint density at radius 1 is 0.969 bits per heavy atom. The molecule has 4 heteroatoms. The molecule has 0 amide bonds. The van der Waals surface area contributed by atoms with Crippen LogP contribution in [0, 0.1) is 0 Å². The summed E-state index contributed by atoms with van der Waals surface area (Å²) >= 11 is 0. The average molecular weight is 442 g/mol. The number of anilines is 1. The largest absolute Gasteiger partial charge is 0.492 e. The quantitative estimate of drug-likeness (QED) is 0.221. The van der Waals surface area contributed by atoms with Crippen LogP contribution in [0.1, 0.15) is 84.0 Å². The Morgan fingerprint density at radius 2 is 1.62 bits per heavy atom. The maximum Gasteiger partial charge on any atom is 0.337 e. The van der Waals surface area contributed by atoms with E-state index < -0.39 is 0 Å². The lowest BCUT2D eigenvalue weighted by Gasteiger charge is -2.26. The predicted octanol–water partition coefficient (Wildman–Crippen LogP) is 7.51. The topological polar surface area (TPSA) is 38.8 Å². The number of hydrogen-bond acceptors (Lipinski definition) is 4. The number of rotatable bonds is 14. The second-order valence-electron chi connectivity index (χ2n) is 8.51. The molecule has 0 unspecified atom stereocenters. The molecule has 1 aromatic carbocycles. The number of ether oxygens (including phenoxy) is 2. The molecule has 0 heterocycles. The van der Waals surface area contributed by atoms with Crippen molar-refractivity contribution < 1.29 is 14.3 Å². The molecule has 0 radical (unpaired) electrons. The molecule has 0 aliphatic carbocycles. The molecule has 0 fully saturated rings. The van der Waals surface area contributed by atoms with E-state index in [9.17, 15) is 4.79 Å². The van der Waals surface area contributed by atoms with Crippen LogP contribution in [-0.2, 0) is 4.74 Å². The number of hydrogen-bond donors (Lipinski definition) is 0. The van der Waals surface area contributed by atoms with Gasteiger partial charge in [-0.2, -0.15) is 0 Å². The third-order valence-electron chi connectivity index (χ3n) is 5.30. The van der Waals surface area contributed by atoms with Gasteiger partial charge < -0.3 is 14.4 Å². The van der Waals surface area contributed by atoms with E-state index in [-0.39, 0.29) is 5.97 Å². The van der Waals surface area contributed by atoms with Gasteiger partial charge in [0.2, 0.25) is 0 Å². The van der Waals surface area contributed by atoms with Crippen LogP contribution in [0.4, 0.5) is 5.69 Å². The van der Waals surface area contributed by atoms with Crippen molar-refractivity contribution in [3.63, 3.8) is 0 Å². The minimum Gasteiger partial charge on any atom is -0.492 e. The summed E-state index contributed by atoms with van der Waals surface area (Å²) in [4.78, 5) is 14.3. The SMILES string of the molecule is CCCN(C/C=C(\C)CC/C=C(\C)CCC=C(C)C)c1cc(C(=O)OC)ccc1OCC. The highest BCUT2D eigenvalue weighted by atomic mass is 16.5. The Kier molecular flexibility index (Phi) is 13.2.